The van der Waals surface area contributed by atoms with Crippen LogP contribution in [-0.4, -0.2) is 83.5 Å². The molecule has 13 nitrogen and oxygen atoms in total. The fraction of sp³-hybridized carbons (Fsp3) is 1.00. The SMILES string of the molecule is CCCCCCCCOP(=S)([S-])OCCCCCCCC.CCCCCCCCOP(=S)([S-])OCCCCCCCC.CCCCCCCCOP(=S)([S-])OCCCCCCCC.CCCCCCCCOP(=S)([S-])OCCCCCCCC.CCCCCCCCOP(=S)([S-])OCCCCCCCC.CCCCCCCCOP(=S)([S-])OCCCCCCCC.O=S.[Mo]. The summed E-state index contributed by atoms with van der Waals surface area (Å²) in [5.74, 6) is 0. The van der Waals surface area contributed by atoms with Crippen LogP contribution >= 0.6 is 34.2 Å². The molecule has 0 fully saturated rings. The molecule has 0 aliphatic carbocycles. The van der Waals surface area contributed by atoms with E-state index in [0.717, 1.165) is 77.0 Å². The third-order valence-electron chi connectivity index (χ3n) is 21.0. The summed E-state index contributed by atoms with van der Waals surface area (Å²) >= 11 is 66.0. The Balaban J connectivity index is -0.000000226. The first-order chi connectivity index (χ1) is 61.7. The van der Waals surface area contributed by atoms with Crippen LogP contribution in [0.2, 0.25) is 0 Å². The minimum Gasteiger partial charge on any atom is -0.691 e. The van der Waals surface area contributed by atoms with Crippen LogP contribution in [0.5, 0.6) is 0 Å². The molecule has 0 rings (SSSR count). The smallest absolute Gasteiger partial charge is 0.197 e. The average molecular weight is 2270 g/mol. The van der Waals surface area contributed by atoms with Gasteiger partial charge in [0.2, 0.25) is 0 Å². The van der Waals surface area contributed by atoms with Crippen molar-refractivity contribution in [3.05, 3.63) is 0 Å². The van der Waals surface area contributed by atoms with E-state index in [2.05, 4.69) is 95.6 Å². The van der Waals surface area contributed by atoms with Crippen LogP contribution < -0.4 is 0 Å². The first-order valence-corrected chi connectivity index (χ1v) is 74.7. The van der Waals surface area contributed by atoms with Gasteiger partial charge in [0.25, 0.3) is 0 Å². The number of hydrogen-bond acceptors (Lipinski definition) is 26. The van der Waals surface area contributed by atoms with Crippen molar-refractivity contribution in [3.8, 4) is 0 Å². The first kappa shape index (κ1) is 151. The maximum atomic E-state index is 7.83. The van der Waals surface area contributed by atoms with Gasteiger partial charge < -0.3 is 128 Å². The maximum Gasteiger partial charge on any atom is 0.197 e. The summed E-state index contributed by atoms with van der Waals surface area (Å²) in [5.41, 5.74) is -14.4. The van der Waals surface area contributed by atoms with Gasteiger partial charge in [0, 0.05) is 21.1 Å². The minimum absolute atomic E-state index is 0. The Kier molecular flexibility index (Phi) is 145. The van der Waals surface area contributed by atoms with Gasteiger partial charge in [-0.3, -0.25) is 0 Å². The van der Waals surface area contributed by atoms with Gasteiger partial charge in [-0.05, 0) is 77.0 Å². The van der Waals surface area contributed by atoms with E-state index in [9.17, 15) is 0 Å². The number of rotatable bonds is 96. The van der Waals surface area contributed by atoms with E-state index < -0.39 is 34.2 Å². The molecule has 0 aromatic carbocycles. The average Bonchev–Trinajstić information content (AvgIpc) is 0.972. The molecule has 0 saturated carbocycles. The molecule has 0 radical (unpaired) electrons. The summed E-state index contributed by atoms with van der Waals surface area (Å²) < 4.78 is 75.0. The van der Waals surface area contributed by atoms with Crippen molar-refractivity contribution < 1.29 is 79.6 Å². The molecular weight excluding hydrogens is 2060 g/mol. The third-order valence-corrected chi connectivity index (χ3v) is 34.5. The molecule has 0 unspecified atom stereocenters. The fourth-order valence-corrected chi connectivity index (χ4v) is 23.0. The van der Waals surface area contributed by atoms with E-state index in [-0.39, 0.29) is 21.1 Å². The van der Waals surface area contributed by atoms with Crippen LogP contribution in [0.4, 0.5) is 0 Å². The summed E-state index contributed by atoms with van der Waals surface area (Å²) in [5, 5.41) is 0. The predicted octanol–water partition coefficient (Wildman–Crippen LogP) is 38.7. The molecule has 129 heavy (non-hydrogen) atoms. The summed E-state index contributed by atoms with van der Waals surface area (Å²) in [6, 6.07) is 0. The third kappa shape index (κ3) is 147. The van der Waals surface area contributed by atoms with Crippen molar-refractivity contribution >= 4 is 191 Å². The second kappa shape index (κ2) is 125. The normalized spacial score (nSPS) is 11.7. The van der Waals surface area contributed by atoms with E-state index in [1.54, 1.807) is 0 Å². The Morgan fingerprint density at radius 1 is 0.132 bits per heavy atom. The maximum absolute atomic E-state index is 7.83. The Bertz CT molecular complexity index is 1880. The monoisotopic (exact) mass is 2260 g/mol. The molecule has 0 bridgehead atoms. The molecule has 0 aromatic rings. The van der Waals surface area contributed by atoms with Gasteiger partial charge in [0.1, 0.15) is 0 Å². The molecular formula is C96H204MoO13P6S13-6. The summed E-state index contributed by atoms with van der Waals surface area (Å²) in [4.78, 5) is 0. The fourth-order valence-electron chi connectivity index (χ4n) is 12.9. The molecule has 786 valence electrons. The molecule has 0 heterocycles. The van der Waals surface area contributed by atoms with Gasteiger partial charge >= 0.3 is 0 Å². The molecule has 0 saturated heterocycles. The predicted molar refractivity (Wildman–Crippen MR) is 610 cm³/mol. The molecule has 0 aromatic heterocycles. The van der Waals surface area contributed by atoms with Crippen LogP contribution in [0.25, 0.3) is 0 Å². The Labute approximate surface area is 886 Å². The van der Waals surface area contributed by atoms with Gasteiger partial charge in [-0.1, -0.05) is 539 Å². The van der Waals surface area contributed by atoms with Gasteiger partial charge in [0.15, 0.2) is 12.5 Å². The molecule has 0 aliphatic heterocycles. The van der Waals surface area contributed by atoms with Gasteiger partial charge in [0.05, 0.1) is 113 Å². The second-order valence-electron chi connectivity index (χ2n) is 33.9. The Hall–Kier alpha value is 6.23. The number of hydrogen-bond donors (Lipinski definition) is 0. The standard InChI is InChI=1S/6C16H35O2PS2.Mo.OS/c6*1-3-5-7-9-11-13-15-17-19(20,21)18-16-14-12-10-8-6-4-2;;1-2/h6*3-16H2,1-2H3,(H,20,21);;/p-6. The Morgan fingerprint density at radius 2 is 0.186 bits per heavy atom. The van der Waals surface area contributed by atoms with E-state index in [1.807, 2.05) is 0 Å². The van der Waals surface area contributed by atoms with Crippen molar-refractivity contribution in [1.29, 1.82) is 0 Å². The van der Waals surface area contributed by atoms with Crippen LogP contribution in [0, 0.1) is 0 Å². The van der Waals surface area contributed by atoms with E-state index in [0.29, 0.717) is 79.3 Å². The molecule has 0 amide bonds. The largest absolute Gasteiger partial charge is 0.691 e. The van der Waals surface area contributed by atoms with Crippen molar-refractivity contribution in [3.63, 3.8) is 0 Å². The van der Waals surface area contributed by atoms with Crippen molar-refractivity contribution in [2.24, 2.45) is 0 Å². The van der Waals surface area contributed by atoms with Crippen molar-refractivity contribution in [2.75, 3.05) is 79.3 Å². The zero-order chi connectivity index (χ0) is 96.9. The zero-order valence-corrected chi connectivity index (χ0v) is 103. The van der Waals surface area contributed by atoms with Gasteiger partial charge in [-0.2, -0.15) is 4.21 Å². The van der Waals surface area contributed by atoms with Gasteiger partial charge in [-0.15, -0.1) is 0 Å². The molecule has 33 heteroatoms. The zero-order valence-electron chi connectivity index (χ0n) is 85.1. The molecule has 0 aliphatic rings. The molecule has 0 atom stereocenters. The van der Waals surface area contributed by atoms with E-state index in [4.69, 9.17) is 203 Å². The molecule has 0 N–H and O–H groups in total. The summed E-state index contributed by atoms with van der Waals surface area (Å²) in [6.45, 7) is 34.8. The van der Waals surface area contributed by atoms with E-state index in [1.165, 1.54) is 385 Å². The quantitative estimate of drug-likeness (QED) is 0.0248. The summed E-state index contributed by atoms with van der Waals surface area (Å²) in [6.07, 6.45) is 90.0. The van der Waals surface area contributed by atoms with Gasteiger partial charge in [-0.25, -0.2) is 0 Å². The van der Waals surface area contributed by atoms with E-state index >= 15 is 0 Å². The summed E-state index contributed by atoms with van der Waals surface area (Å²) in [7, 11) is 0. The van der Waals surface area contributed by atoms with Crippen LogP contribution in [0.15, 0.2) is 0 Å². The topological polar surface area (TPSA) is 128 Å². The molecule has 0 spiro atoms. The van der Waals surface area contributed by atoms with Crippen LogP contribution in [0.1, 0.15) is 545 Å². The van der Waals surface area contributed by atoms with Crippen molar-refractivity contribution in [1.82, 2.24) is 0 Å². The van der Waals surface area contributed by atoms with Crippen LogP contribution in [0.3, 0.4) is 0 Å². The Morgan fingerprint density at radius 3 is 0.248 bits per heavy atom. The minimum atomic E-state index is -2.40. The van der Waals surface area contributed by atoms with Crippen molar-refractivity contribution in [2.45, 2.75) is 545 Å². The number of unbranched alkanes of at least 4 members (excludes halogenated alkanes) is 60. The second-order valence-corrected chi connectivity index (χ2v) is 63.8. The first-order valence-electron chi connectivity index (χ1n) is 52.5. The van der Waals surface area contributed by atoms with Crippen LogP contribution in [-0.2, 0) is 232 Å².